The zero-order valence-corrected chi connectivity index (χ0v) is 10.6. The van der Waals surface area contributed by atoms with Gasteiger partial charge in [0, 0.05) is 13.6 Å². The molecule has 1 rings (SSSR count). The van der Waals surface area contributed by atoms with E-state index < -0.39 is 12.0 Å². The van der Waals surface area contributed by atoms with Crippen molar-refractivity contribution < 1.29 is 14.7 Å². The topological polar surface area (TPSA) is 69.6 Å². The van der Waals surface area contributed by atoms with E-state index in [0.717, 1.165) is 16.9 Å². The number of carboxylic acid groups (broad SMARTS) is 1. The number of nitrogens with one attached hydrogen (secondary N) is 1. The first-order chi connectivity index (χ1) is 8.52. The van der Waals surface area contributed by atoms with Crippen LogP contribution in [0.1, 0.15) is 18.1 Å². The lowest BCUT2D eigenvalue weighted by Gasteiger charge is -2.15. The summed E-state index contributed by atoms with van der Waals surface area (Å²) in [5.74, 6) is -1.03. The van der Waals surface area contributed by atoms with Gasteiger partial charge in [0.25, 0.3) is 0 Å². The van der Waals surface area contributed by atoms with Crippen LogP contribution in [0.25, 0.3) is 0 Å². The maximum absolute atomic E-state index is 11.5. The largest absolute Gasteiger partial charge is 0.480 e. The third kappa shape index (κ3) is 4.45. The van der Waals surface area contributed by atoms with E-state index in [-0.39, 0.29) is 6.54 Å². The fourth-order valence-electron chi connectivity index (χ4n) is 1.48. The van der Waals surface area contributed by atoms with Gasteiger partial charge in [-0.15, -0.1) is 0 Å². The Bertz CT molecular complexity index is 415. The number of benzene rings is 1. The molecule has 0 atom stereocenters. The lowest BCUT2D eigenvalue weighted by molar-refractivity contribution is -0.137. The average Bonchev–Trinajstić information content (AvgIpc) is 2.35. The molecule has 1 aromatic carbocycles. The van der Waals surface area contributed by atoms with E-state index in [1.807, 2.05) is 24.3 Å². The molecule has 0 bridgehead atoms. The molecule has 0 aliphatic heterocycles. The summed E-state index contributed by atoms with van der Waals surface area (Å²) < 4.78 is 0. The third-order valence-corrected chi connectivity index (χ3v) is 2.59. The van der Waals surface area contributed by atoms with Crippen LogP contribution in [0.5, 0.6) is 0 Å². The van der Waals surface area contributed by atoms with Crippen molar-refractivity contribution in [3.05, 3.63) is 35.4 Å². The Balaban J connectivity index is 2.44. The van der Waals surface area contributed by atoms with Gasteiger partial charge in [-0.05, 0) is 17.5 Å². The predicted molar refractivity (Wildman–Crippen MR) is 68.3 cm³/mol. The molecule has 0 fully saturated rings. The molecule has 0 radical (unpaired) electrons. The van der Waals surface area contributed by atoms with Gasteiger partial charge in [-0.2, -0.15) is 0 Å². The minimum absolute atomic E-state index is 0.305. The van der Waals surface area contributed by atoms with Crippen molar-refractivity contribution in [2.45, 2.75) is 19.9 Å². The molecule has 0 saturated heterocycles. The van der Waals surface area contributed by atoms with Crippen LogP contribution in [0.4, 0.5) is 4.79 Å². The van der Waals surface area contributed by atoms with Crippen molar-refractivity contribution in [3.63, 3.8) is 0 Å². The Morgan fingerprint density at radius 1 is 1.22 bits per heavy atom. The highest BCUT2D eigenvalue weighted by atomic mass is 16.4. The van der Waals surface area contributed by atoms with Crippen LogP contribution in [0.2, 0.25) is 0 Å². The molecule has 0 aliphatic rings. The molecule has 0 spiro atoms. The summed E-state index contributed by atoms with van der Waals surface area (Å²) in [6.45, 7) is 2.17. The number of aryl methyl sites for hydroxylation is 1. The number of carbonyl (C=O) groups excluding carboxylic acids is 1. The lowest BCUT2D eigenvalue weighted by atomic mass is 10.1. The molecule has 5 nitrogen and oxygen atoms in total. The summed E-state index contributed by atoms with van der Waals surface area (Å²) in [4.78, 5) is 23.1. The van der Waals surface area contributed by atoms with E-state index in [4.69, 9.17) is 5.11 Å². The van der Waals surface area contributed by atoms with Crippen LogP contribution in [-0.2, 0) is 17.8 Å². The molecule has 0 unspecified atom stereocenters. The minimum Gasteiger partial charge on any atom is -0.480 e. The zero-order valence-electron chi connectivity index (χ0n) is 10.6. The second kappa shape index (κ2) is 6.64. The fourth-order valence-corrected chi connectivity index (χ4v) is 1.48. The Labute approximate surface area is 106 Å². The zero-order chi connectivity index (χ0) is 13.5. The Kier molecular flexibility index (Phi) is 5.17. The summed E-state index contributed by atoms with van der Waals surface area (Å²) in [5.41, 5.74) is 2.23. The van der Waals surface area contributed by atoms with Crippen molar-refractivity contribution in [2.24, 2.45) is 0 Å². The highest BCUT2D eigenvalue weighted by Crippen LogP contribution is 2.04. The SMILES string of the molecule is CCc1ccc(CNC(=O)N(C)CC(=O)O)cc1. The van der Waals surface area contributed by atoms with E-state index in [2.05, 4.69) is 12.2 Å². The van der Waals surface area contributed by atoms with Gasteiger partial charge in [-0.3, -0.25) is 4.79 Å². The van der Waals surface area contributed by atoms with Gasteiger partial charge in [0.1, 0.15) is 6.54 Å². The molecule has 0 heterocycles. The van der Waals surface area contributed by atoms with Crippen LogP contribution in [0.3, 0.4) is 0 Å². The van der Waals surface area contributed by atoms with Crippen LogP contribution >= 0.6 is 0 Å². The first-order valence-electron chi connectivity index (χ1n) is 5.81. The highest BCUT2D eigenvalue weighted by molar-refractivity contribution is 5.79. The highest BCUT2D eigenvalue weighted by Gasteiger charge is 2.10. The van der Waals surface area contributed by atoms with E-state index in [1.54, 1.807) is 0 Å². The minimum atomic E-state index is -1.03. The smallest absolute Gasteiger partial charge is 0.323 e. The molecule has 98 valence electrons. The summed E-state index contributed by atoms with van der Waals surface area (Å²) in [7, 11) is 1.45. The number of aliphatic carboxylic acids is 1. The van der Waals surface area contributed by atoms with Crippen molar-refractivity contribution in [2.75, 3.05) is 13.6 Å². The fraction of sp³-hybridized carbons (Fsp3) is 0.385. The van der Waals surface area contributed by atoms with Gasteiger partial charge < -0.3 is 15.3 Å². The monoisotopic (exact) mass is 250 g/mol. The number of hydrogen-bond acceptors (Lipinski definition) is 2. The number of carbonyl (C=O) groups is 2. The van der Waals surface area contributed by atoms with Crippen LogP contribution in [0, 0.1) is 0 Å². The van der Waals surface area contributed by atoms with Crippen molar-refractivity contribution in [1.29, 1.82) is 0 Å². The third-order valence-electron chi connectivity index (χ3n) is 2.59. The lowest BCUT2D eigenvalue weighted by Crippen LogP contribution is -2.39. The second-order valence-electron chi connectivity index (χ2n) is 4.08. The Morgan fingerprint density at radius 3 is 2.28 bits per heavy atom. The average molecular weight is 250 g/mol. The van der Waals surface area contributed by atoms with Crippen molar-refractivity contribution >= 4 is 12.0 Å². The Morgan fingerprint density at radius 2 is 1.78 bits per heavy atom. The second-order valence-corrected chi connectivity index (χ2v) is 4.08. The van der Waals surface area contributed by atoms with E-state index >= 15 is 0 Å². The number of likely N-dealkylation sites (N-methyl/N-ethyl adjacent to an activating group) is 1. The number of rotatable bonds is 5. The van der Waals surface area contributed by atoms with Crippen LogP contribution < -0.4 is 5.32 Å². The van der Waals surface area contributed by atoms with Gasteiger partial charge in [0.05, 0.1) is 0 Å². The van der Waals surface area contributed by atoms with Crippen molar-refractivity contribution in [1.82, 2.24) is 10.2 Å². The number of hydrogen-bond donors (Lipinski definition) is 2. The predicted octanol–water partition coefficient (Wildman–Crippen LogP) is 1.47. The van der Waals surface area contributed by atoms with E-state index in [0.29, 0.717) is 6.54 Å². The first-order valence-corrected chi connectivity index (χ1v) is 5.81. The van der Waals surface area contributed by atoms with Gasteiger partial charge in [0.2, 0.25) is 0 Å². The quantitative estimate of drug-likeness (QED) is 0.831. The number of amides is 2. The standard InChI is InChI=1S/C13H18N2O3/c1-3-10-4-6-11(7-5-10)8-14-13(18)15(2)9-12(16)17/h4-7H,3,8-9H2,1-2H3,(H,14,18)(H,16,17). The number of carboxylic acids is 1. The molecule has 0 aromatic heterocycles. The van der Waals surface area contributed by atoms with E-state index in [9.17, 15) is 9.59 Å². The van der Waals surface area contributed by atoms with Crippen LogP contribution in [-0.4, -0.2) is 35.6 Å². The first kappa shape index (κ1) is 14.0. The Hall–Kier alpha value is -2.04. The van der Waals surface area contributed by atoms with Crippen molar-refractivity contribution in [3.8, 4) is 0 Å². The molecular formula is C13H18N2O3. The maximum atomic E-state index is 11.5. The van der Waals surface area contributed by atoms with Gasteiger partial charge in [-0.25, -0.2) is 4.79 Å². The molecule has 2 amide bonds. The molecule has 2 N–H and O–H groups in total. The number of urea groups is 1. The summed E-state index contributed by atoms with van der Waals surface area (Å²) in [6.07, 6.45) is 0.980. The van der Waals surface area contributed by atoms with E-state index in [1.165, 1.54) is 12.6 Å². The molecule has 0 aliphatic carbocycles. The molecule has 1 aromatic rings. The van der Waals surface area contributed by atoms with Gasteiger partial charge in [-0.1, -0.05) is 31.2 Å². The number of nitrogens with zero attached hydrogens (tertiary/aromatic N) is 1. The molecular weight excluding hydrogens is 232 g/mol. The van der Waals surface area contributed by atoms with Gasteiger partial charge >= 0.3 is 12.0 Å². The molecule has 0 saturated carbocycles. The normalized spacial score (nSPS) is 9.89. The molecule has 5 heteroatoms. The van der Waals surface area contributed by atoms with Crippen LogP contribution in [0.15, 0.2) is 24.3 Å². The summed E-state index contributed by atoms with van der Waals surface area (Å²) in [5, 5.41) is 11.2. The van der Waals surface area contributed by atoms with Gasteiger partial charge in [0.15, 0.2) is 0 Å². The maximum Gasteiger partial charge on any atom is 0.323 e. The molecule has 18 heavy (non-hydrogen) atoms. The summed E-state index contributed by atoms with van der Waals surface area (Å²) >= 11 is 0. The summed E-state index contributed by atoms with van der Waals surface area (Å²) in [6, 6.07) is 7.55.